The van der Waals surface area contributed by atoms with Crippen LogP contribution >= 0.6 is 22.7 Å². The van der Waals surface area contributed by atoms with Crippen LogP contribution in [0.4, 0.5) is 0 Å². The van der Waals surface area contributed by atoms with E-state index in [0.717, 1.165) is 30.7 Å². The van der Waals surface area contributed by atoms with E-state index in [2.05, 4.69) is 151 Å². The van der Waals surface area contributed by atoms with Gasteiger partial charge in [-0.3, -0.25) is 0 Å². The Labute approximate surface area is 364 Å². The molecule has 0 radical (unpaired) electrons. The SMILES string of the molecule is CCCCCCc1ccc2c(c1)c1ccccc1n2-c1ccc(-c2cccc(-c3ccc(-n4c5ccc(CCCCCC)cc5c5cc(CCCCCC)ccc54)s3)n2)s1. The summed E-state index contributed by atoms with van der Waals surface area (Å²) in [6.45, 7) is 6.87. The minimum atomic E-state index is 1.02. The van der Waals surface area contributed by atoms with E-state index in [-0.39, 0.29) is 0 Å². The van der Waals surface area contributed by atoms with Crippen molar-refractivity contribution < 1.29 is 0 Å². The van der Waals surface area contributed by atoms with Crippen LogP contribution in [0.25, 0.3) is 74.8 Å². The van der Waals surface area contributed by atoms with Gasteiger partial charge in [0.15, 0.2) is 0 Å². The zero-order valence-corrected chi connectivity index (χ0v) is 37.4. The summed E-state index contributed by atoms with van der Waals surface area (Å²) in [5.41, 5.74) is 11.5. The number of rotatable bonds is 19. The Morgan fingerprint density at radius 3 is 1.25 bits per heavy atom. The molecule has 0 aliphatic rings. The van der Waals surface area contributed by atoms with E-state index in [1.165, 1.54) is 157 Å². The van der Waals surface area contributed by atoms with E-state index in [0.29, 0.717) is 0 Å². The summed E-state index contributed by atoms with van der Waals surface area (Å²) >= 11 is 3.66. The maximum absolute atomic E-state index is 5.31. The van der Waals surface area contributed by atoms with Gasteiger partial charge in [0.05, 0.1) is 43.2 Å². The van der Waals surface area contributed by atoms with Crippen molar-refractivity contribution in [2.45, 2.75) is 117 Å². The van der Waals surface area contributed by atoms with Gasteiger partial charge in [0.25, 0.3) is 0 Å². The molecule has 0 spiro atoms. The van der Waals surface area contributed by atoms with Gasteiger partial charge in [-0.05, 0) is 134 Å². The van der Waals surface area contributed by atoms with Gasteiger partial charge in [-0.2, -0.15) is 0 Å². The number of pyridine rings is 1. The lowest BCUT2D eigenvalue weighted by Crippen LogP contribution is -1.91. The first-order valence-electron chi connectivity index (χ1n) is 22.9. The third kappa shape index (κ3) is 8.36. The number of hydrogen-bond donors (Lipinski definition) is 0. The van der Waals surface area contributed by atoms with Gasteiger partial charge < -0.3 is 9.13 Å². The second kappa shape index (κ2) is 18.7. The first kappa shape index (κ1) is 40.4. The molecule has 0 unspecified atom stereocenters. The Kier molecular flexibility index (Phi) is 12.6. The highest BCUT2D eigenvalue weighted by atomic mass is 32.1. The molecule has 5 heterocycles. The molecule has 306 valence electrons. The van der Waals surface area contributed by atoms with E-state index < -0.39 is 0 Å². The van der Waals surface area contributed by atoms with E-state index >= 15 is 0 Å². The van der Waals surface area contributed by atoms with Crippen molar-refractivity contribution in [2.24, 2.45) is 0 Å². The molecular formula is C55H59N3S2. The Hall–Kier alpha value is -4.97. The Balaban J connectivity index is 1.02. The Bertz CT molecular complexity index is 2790. The summed E-state index contributed by atoms with van der Waals surface area (Å²) < 4.78 is 4.95. The predicted molar refractivity (Wildman–Crippen MR) is 263 cm³/mol. The maximum atomic E-state index is 5.31. The van der Waals surface area contributed by atoms with E-state index in [4.69, 9.17) is 4.98 Å². The standard InChI is InChI=1S/C55H59N3S2/c1-4-7-10-13-19-39-26-29-49-43(36-39)42-22-16-17-25-48(42)57(49)54-34-32-52(59-54)46-23-18-24-47(56-46)53-33-35-55(60-53)58-50-30-27-40(20-14-11-8-5-2)37-44(50)45-38-41(28-31-51(45)58)21-15-12-9-6-3/h16-18,22-38H,4-15,19-21H2,1-3H3. The largest absolute Gasteiger partial charge is 0.301 e. The number of para-hydroxylation sites is 1. The van der Waals surface area contributed by atoms with Crippen LogP contribution in [0.2, 0.25) is 0 Å². The van der Waals surface area contributed by atoms with Crippen LogP contribution in [0.3, 0.4) is 0 Å². The minimum Gasteiger partial charge on any atom is -0.301 e. The fourth-order valence-corrected chi connectivity index (χ4v) is 11.2. The molecule has 9 aromatic rings. The summed E-state index contributed by atoms with van der Waals surface area (Å²) in [5, 5.41) is 7.87. The molecule has 0 amide bonds. The number of thiophene rings is 2. The molecule has 0 saturated carbocycles. The van der Waals surface area contributed by atoms with Crippen molar-refractivity contribution in [1.82, 2.24) is 14.1 Å². The molecule has 0 aliphatic carbocycles. The van der Waals surface area contributed by atoms with Crippen LogP contribution in [-0.4, -0.2) is 14.1 Å². The lowest BCUT2D eigenvalue weighted by atomic mass is 10.0. The van der Waals surface area contributed by atoms with E-state index in [1.807, 2.05) is 22.7 Å². The first-order valence-corrected chi connectivity index (χ1v) is 24.5. The molecule has 0 saturated heterocycles. The predicted octanol–water partition coefficient (Wildman–Crippen LogP) is 17.1. The van der Waals surface area contributed by atoms with Crippen molar-refractivity contribution >= 4 is 66.3 Å². The highest BCUT2D eigenvalue weighted by Gasteiger charge is 2.18. The van der Waals surface area contributed by atoms with Crippen LogP contribution in [0, 0.1) is 0 Å². The summed E-state index contributed by atoms with van der Waals surface area (Å²) in [5.74, 6) is 0. The third-order valence-corrected chi connectivity index (χ3v) is 14.7. The number of fused-ring (bicyclic) bond motifs is 6. The molecule has 5 aromatic heterocycles. The smallest absolute Gasteiger partial charge is 0.101 e. The molecule has 60 heavy (non-hydrogen) atoms. The number of aromatic nitrogens is 3. The normalized spacial score (nSPS) is 11.9. The molecule has 0 N–H and O–H groups in total. The number of benzene rings is 4. The lowest BCUT2D eigenvalue weighted by molar-refractivity contribution is 0.667. The topological polar surface area (TPSA) is 22.8 Å². The quantitative estimate of drug-likeness (QED) is 0.0745. The molecule has 0 fully saturated rings. The van der Waals surface area contributed by atoms with Crippen LogP contribution in [-0.2, 0) is 19.3 Å². The van der Waals surface area contributed by atoms with Gasteiger partial charge in [-0.25, -0.2) is 4.98 Å². The second-order valence-corrected chi connectivity index (χ2v) is 19.0. The minimum absolute atomic E-state index is 1.02. The van der Waals surface area contributed by atoms with Gasteiger partial charge in [0.1, 0.15) is 10.0 Å². The lowest BCUT2D eigenvalue weighted by Gasteiger charge is -2.07. The van der Waals surface area contributed by atoms with Gasteiger partial charge in [-0.1, -0.05) is 121 Å². The van der Waals surface area contributed by atoms with Gasteiger partial charge in [0, 0.05) is 21.5 Å². The van der Waals surface area contributed by atoms with Crippen LogP contribution < -0.4 is 0 Å². The van der Waals surface area contributed by atoms with Crippen molar-refractivity contribution in [3.63, 3.8) is 0 Å². The highest BCUT2D eigenvalue weighted by Crippen LogP contribution is 2.40. The molecule has 5 heteroatoms. The average Bonchev–Trinajstić information content (AvgIpc) is 4.09. The summed E-state index contributed by atoms with van der Waals surface area (Å²) in [7, 11) is 0. The third-order valence-electron chi connectivity index (χ3n) is 12.5. The molecule has 9 rings (SSSR count). The fraction of sp³-hybridized carbons (Fsp3) is 0.327. The van der Waals surface area contributed by atoms with Gasteiger partial charge in [-0.15, -0.1) is 22.7 Å². The zero-order valence-electron chi connectivity index (χ0n) is 35.8. The molecule has 3 nitrogen and oxygen atoms in total. The number of aryl methyl sites for hydroxylation is 3. The number of nitrogens with zero attached hydrogens (tertiary/aromatic N) is 3. The molecule has 4 aromatic carbocycles. The molecule has 0 atom stereocenters. The van der Waals surface area contributed by atoms with Crippen molar-refractivity contribution in [2.75, 3.05) is 0 Å². The van der Waals surface area contributed by atoms with E-state index in [9.17, 15) is 0 Å². The first-order chi connectivity index (χ1) is 29.6. The van der Waals surface area contributed by atoms with Crippen molar-refractivity contribution in [3.8, 4) is 31.1 Å². The fourth-order valence-electron chi connectivity index (χ4n) is 9.23. The van der Waals surface area contributed by atoms with Gasteiger partial charge in [0.2, 0.25) is 0 Å². The van der Waals surface area contributed by atoms with Crippen LogP contribution in [0.1, 0.15) is 115 Å². The zero-order chi connectivity index (χ0) is 40.8. The monoisotopic (exact) mass is 825 g/mol. The van der Waals surface area contributed by atoms with Crippen LogP contribution in [0.15, 0.2) is 121 Å². The number of hydrogen-bond acceptors (Lipinski definition) is 3. The average molecular weight is 826 g/mol. The van der Waals surface area contributed by atoms with Crippen LogP contribution in [0.5, 0.6) is 0 Å². The van der Waals surface area contributed by atoms with Crippen molar-refractivity contribution in [1.29, 1.82) is 0 Å². The van der Waals surface area contributed by atoms with Crippen molar-refractivity contribution in [3.05, 3.63) is 138 Å². The van der Waals surface area contributed by atoms with E-state index in [1.54, 1.807) is 0 Å². The van der Waals surface area contributed by atoms with Gasteiger partial charge >= 0.3 is 0 Å². The second-order valence-electron chi connectivity index (χ2n) is 16.9. The maximum Gasteiger partial charge on any atom is 0.101 e. The summed E-state index contributed by atoms with van der Waals surface area (Å²) in [6, 6.07) is 46.1. The summed E-state index contributed by atoms with van der Waals surface area (Å²) in [4.78, 5) is 7.68. The Morgan fingerprint density at radius 2 is 0.800 bits per heavy atom. The summed E-state index contributed by atoms with van der Waals surface area (Å²) in [6.07, 6.45) is 18.9. The molecular weight excluding hydrogens is 767 g/mol. The Morgan fingerprint density at radius 1 is 0.383 bits per heavy atom. The highest BCUT2D eigenvalue weighted by molar-refractivity contribution is 7.18. The molecule has 0 aliphatic heterocycles. The number of unbranched alkanes of at least 4 members (excludes halogenated alkanes) is 9. The molecule has 0 bridgehead atoms.